The van der Waals surface area contributed by atoms with Gasteiger partial charge in [-0.2, -0.15) is 0 Å². The third-order valence-corrected chi connectivity index (χ3v) is 4.92. The maximum atomic E-state index is 13.0. The van der Waals surface area contributed by atoms with Gasteiger partial charge in [-0.15, -0.1) is 0 Å². The minimum atomic E-state index is -0.434. The quantitative estimate of drug-likeness (QED) is 0.854. The van der Waals surface area contributed by atoms with E-state index in [1.54, 1.807) is 17.4 Å². The maximum Gasteiger partial charge on any atom is 0.410 e. The van der Waals surface area contributed by atoms with Crippen LogP contribution >= 0.6 is 0 Å². The number of furan rings is 1. The monoisotopic (exact) mass is 343 g/mol. The van der Waals surface area contributed by atoms with Crippen LogP contribution in [0.5, 0.6) is 0 Å². The van der Waals surface area contributed by atoms with Crippen LogP contribution in [0.4, 0.5) is 4.79 Å². The lowest BCUT2D eigenvalue weighted by Crippen LogP contribution is -2.48. The second kappa shape index (κ2) is 6.31. The van der Waals surface area contributed by atoms with E-state index < -0.39 is 6.09 Å². The van der Waals surface area contributed by atoms with Gasteiger partial charge in [-0.05, 0) is 31.0 Å². The van der Waals surface area contributed by atoms with Gasteiger partial charge in [-0.1, -0.05) is 0 Å². The number of hydrogen-bond acceptors (Lipinski definition) is 4. The highest BCUT2D eigenvalue weighted by Gasteiger charge is 2.38. The van der Waals surface area contributed by atoms with Gasteiger partial charge in [0.05, 0.1) is 19.6 Å². The van der Waals surface area contributed by atoms with E-state index in [0.717, 1.165) is 30.6 Å². The van der Waals surface area contributed by atoms with E-state index in [9.17, 15) is 9.59 Å². The van der Waals surface area contributed by atoms with Gasteiger partial charge in [0.1, 0.15) is 12.6 Å². The van der Waals surface area contributed by atoms with Crippen molar-refractivity contribution in [3.63, 3.8) is 0 Å². The Hall–Kier alpha value is -2.70. The number of hydrogen-bond donors (Lipinski definition) is 0. The SMILES string of the molecule is COC(=O)N(CC(=O)N1CCn2cccc2C1c1ccoc1)C1CC1. The molecule has 0 saturated heterocycles. The number of amides is 2. The van der Waals surface area contributed by atoms with Crippen LogP contribution in [0.2, 0.25) is 0 Å². The highest BCUT2D eigenvalue weighted by Crippen LogP contribution is 2.33. The molecule has 0 N–H and O–H groups in total. The van der Waals surface area contributed by atoms with Gasteiger partial charge in [0.25, 0.3) is 0 Å². The van der Waals surface area contributed by atoms with E-state index in [1.165, 1.54) is 7.11 Å². The van der Waals surface area contributed by atoms with Crippen LogP contribution in [0.25, 0.3) is 0 Å². The van der Waals surface area contributed by atoms with Crippen molar-refractivity contribution in [2.45, 2.75) is 31.5 Å². The molecule has 0 spiro atoms. The van der Waals surface area contributed by atoms with Gasteiger partial charge >= 0.3 is 6.09 Å². The summed E-state index contributed by atoms with van der Waals surface area (Å²) in [6, 6.07) is 5.82. The summed E-state index contributed by atoms with van der Waals surface area (Å²) in [7, 11) is 1.35. The Morgan fingerprint density at radius 3 is 2.84 bits per heavy atom. The van der Waals surface area contributed by atoms with Gasteiger partial charge in [-0.3, -0.25) is 9.69 Å². The first-order valence-corrected chi connectivity index (χ1v) is 8.50. The third-order valence-electron chi connectivity index (χ3n) is 4.92. The zero-order valence-corrected chi connectivity index (χ0v) is 14.1. The predicted molar refractivity (Wildman–Crippen MR) is 88.8 cm³/mol. The van der Waals surface area contributed by atoms with Crippen molar-refractivity contribution in [1.82, 2.24) is 14.4 Å². The number of carbonyl (C=O) groups excluding carboxylic acids is 2. The molecule has 1 aliphatic carbocycles. The number of rotatable bonds is 4. The Kier molecular flexibility index (Phi) is 3.99. The Morgan fingerprint density at radius 2 is 2.16 bits per heavy atom. The van der Waals surface area contributed by atoms with E-state index >= 15 is 0 Å². The molecule has 2 aromatic rings. The summed E-state index contributed by atoms with van der Waals surface area (Å²) in [5.74, 6) is -0.0732. The van der Waals surface area contributed by atoms with Gasteiger partial charge in [0.15, 0.2) is 0 Å². The average molecular weight is 343 g/mol. The molecular formula is C18H21N3O4. The zero-order chi connectivity index (χ0) is 17.4. The lowest BCUT2D eigenvalue weighted by molar-refractivity contribution is -0.135. The minimum absolute atomic E-state index is 0.0480. The van der Waals surface area contributed by atoms with Gasteiger partial charge in [0, 0.05) is 36.6 Å². The van der Waals surface area contributed by atoms with E-state index in [2.05, 4.69) is 4.57 Å². The molecule has 1 fully saturated rings. The highest BCUT2D eigenvalue weighted by molar-refractivity contribution is 5.83. The van der Waals surface area contributed by atoms with E-state index in [4.69, 9.17) is 9.15 Å². The topological polar surface area (TPSA) is 67.9 Å². The molecule has 2 aromatic heterocycles. The molecular weight excluding hydrogens is 322 g/mol. The first kappa shape index (κ1) is 15.8. The summed E-state index contributed by atoms with van der Waals surface area (Å²) in [6.07, 6.45) is 6.73. The van der Waals surface area contributed by atoms with Crippen molar-refractivity contribution in [3.05, 3.63) is 48.2 Å². The molecule has 7 nitrogen and oxygen atoms in total. The Bertz CT molecular complexity index is 763. The number of carbonyl (C=O) groups is 2. The van der Waals surface area contributed by atoms with Crippen molar-refractivity contribution < 1.29 is 18.7 Å². The highest BCUT2D eigenvalue weighted by atomic mass is 16.5. The van der Waals surface area contributed by atoms with Crippen LogP contribution in [0.1, 0.15) is 30.1 Å². The largest absolute Gasteiger partial charge is 0.472 e. The van der Waals surface area contributed by atoms with E-state index in [-0.39, 0.29) is 24.5 Å². The van der Waals surface area contributed by atoms with Crippen molar-refractivity contribution in [3.8, 4) is 0 Å². The van der Waals surface area contributed by atoms with E-state index in [1.807, 2.05) is 29.3 Å². The van der Waals surface area contributed by atoms with Crippen molar-refractivity contribution >= 4 is 12.0 Å². The fourth-order valence-corrected chi connectivity index (χ4v) is 3.52. The van der Waals surface area contributed by atoms with Crippen LogP contribution in [0.3, 0.4) is 0 Å². The summed E-state index contributed by atoms with van der Waals surface area (Å²) in [5.41, 5.74) is 1.99. The molecule has 7 heteroatoms. The Labute approximate surface area is 145 Å². The van der Waals surface area contributed by atoms with Gasteiger partial charge in [0.2, 0.25) is 5.91 Å². The number of methoxy groups -OCH3 is 1. The lowest BCUT2D eigenvalue weighted by atomic mass is 10.0. The normalized spacial score (nSPS) is 19.4. The molecule has 2 aliphatic rings. The molecule has 1 unspecified atom stereocenters. The maximum absolute atomic E-state index is 13.0. The molecule has 0 bridgehead atoms. The van der Waals surface area contributed by atoms with Crippen LogP contribution in [0, 0.1) is 0 Å². The molecule has 1 saturated carbocycles. The van der Waals surface area contributed by atoms with E-state index in [0.29, 0.717) is 6.54 Å². The van der Waals surface area contributed by atoms with Crippen molar-refractivity contribution in [2.75, 3.05) is 20.2 Å². The van der Waals surface area contributed by atoms with Crippen molar-refractivity contribution in [1.29, 1.82) is 0 Å². The summed E-state index contributed by atoms with van der Waals surface area (Å²) in [5, 5.41) is 0. The Morgan fingerprint density at radius 1 is 1.32 bits per heavy atom. The van der Waals surface area contributed by atoms with Crippen molar-refractivity contribution in [2.24, 2.45) is 0 Å². The lowest BCUT2D eigenvalue weighted by Gasteiger charge is -2.37. The molecule has 25 heavy (non-hydrogen) atoms. The summed E-state index contributed by atoms with van der Waals surface area (Å²) in [4.78, 5) is 28.4. The molecule has 3 heterocycles. The number of aromatic nitrogens is 1. The van der Waals surface area contributed by atoms with Crippen LogP contribution in [-0.4, -0.2) is 52.6 Å². The number of nitrogens with zero attached hydrogens (tertiary/aromatic N) is 3. The molecule has 4 rings (SSSR count). The minimum Gasteiger partial charge on any atom is -0.472 e. The summed E-state index contributed by atoms with van der Waals surface area (Å²) in [6.45, 7) is 1.38. The fraction of sp³-hybridized carbons (Fsp3) is 0.444. The molecule has 0 aromatic carbocycles. The summed E-state index contributed by atoms with van der Waals surface area (Å²) < 4.78 is 12.2. The van der Waals surface area contributed by atoms with Crippen LogP contribution < -0.4 is 0 Å². The first-order chi connectivity index (χ1) is 12.2. The summed E-state index contributed by atoms with van der Waals surface area (Å²) >= 11 is 0. The second-order valence-electron chi connectivity index (χ2n) is 6.50. The van der Waals surface area contributed by atoms with Gasteiger partial charge < -0.3 is 18.6 Å². The molecule has 132 valence electrons. The third kappa shape index (κ3) is 2.90. The molecule has 1 aliphatic heterocycles. The zero-order valence-electron chi connectivity index (χ0n) is 14.1. The smallest absolute Gasteiger partial charge is 0.410 e. The number of ether oxygens (including phenoxy) is 1. The fourth-order valence-electron chi connectivity index (χ4n) is 3.52. The molecule has 2 amide bonds. The van der Waals surface area contributed by atoms with Gasteiger partial charge in [-0.25, -0.2) is 4.79 Å². The second-order valence-corrected chi connectivity index (χ2v) is 6.50. The number of fused-ring (bicyclic) bond motifs is 1. The van der Waals surface area contributed by atoms with Crippen LogP contribution in [-0.2, 0) is 16.1 Å². The predicted octanol–water partition coefficient (Wildman–Crippen LogP) is 2.24. The molecule has 0 radical (unpaired) electrons. The Balaban J connectivity index is 1.59. The standard InChI is InChI=1S/C18H21N3O4/c1-24-18(23)21(14-4-5-14)11-16(22)20-9-8-19-7-2-3-15(19)17(20)13-6-10-25-12-13/h2-3,6-7,10,12,14,17H,4-5,8-9,11H2,1H3. The first-order valence-electron chi connectivity index (χ1n) is 8.50. The average Bonchev–Trinajstić information content (AvgIpc) is 3.12. The molecule has 1 atom stereocenters. The van der Waals surface area contributed by atoms with Crippen LogP contribution in [0.15, 0.2) is 41.3 Å².